The summed E-state index contributed by atoms with van der Waals surface area (Å²) in [5.41, 5.74) is 3.01. The second-order valence-corrected chi connectivity index (χ2v) is 2.31. The molecule has 0 saturated heterocycles. The number of nitrogens with one attached hydrogen (secondary N) is 1. The summed E-state index contributed by atoms with van der Waals surface area (Å²) in [4.78, 5) is 0. The molecule has 3 heteroatoms. The molecule has 1 atom stereocenters. The minimum atomic E-state index is -0.0950. The molecule has 0 spiro atoms. The molecule has 0 radical (unpaired) electrons. The molecule has 0 aromatic carbocycles. The molecule has 0 aliphatic heterocycles. The van der Waals surface area contributed by atoms with Crippen LogP contribution >= 0.6 is 0 Å². The molecule has 1 rings (SSSR count). The second kappa shape index (κ2) is 3.67. The molecule has 0 bridgehead atoms. The number of nitriles is 1. The van der Waals surface area contributed by atoms with Crippen LogP contribution in [-0.4, -0.2) is 10.7 Å². The fourth-order valence-electron chi connectivity index (χ4n) is 0.812. The smallest absolute Gasteiger partial charge is 0.128 e. The van der Waals surface area contributed by atoms with Crippen molar-refractivity contribution in [1.29, 1.82) is 5.26 Å². The Hall–Kier alpha value is -1.43. The van der Waals surface area contributed by atoms with E-state index in [1.165, 1.54) is 0 Å². The van der Waals surface area contributed by atoms with Crippen LogP contribution in [0, 0.1) is 11.3 Å². The maximum absolute atomic E-state index is 8.60. The maximum atomic E-state index is 8.60. The zero-order valence-electron chi connectivity index (χ0n) is 6.49. The lowest BCUT2D eigenvalue weighted by Crippen LogP contribution is -2.24. The van der Waals surface area contributed by atoms with E-state index in [1.54, 1.807) is 4.68 Å². The summed E-state index contributed by atoms with van der Waals surface area (Å²) in [6, 6.07) is 5.89. The summed E-state index contributed by atoms with van der Waals surface area (Å²) < 4.78 is 1.79. The summed E-state index contributed by atoms with van der Waals surface area (Å²) in [6.07, 6.45) is 4.56. The standard InChI is InChI=1S/C8H11N3/c1-2-8(7-9)10-11-5-3-4-6-11/h3-6,8,10H,2H2,1H3. The van der Waals surface area contributed by atoms with E-state index >= 15 is 0 Å². The predicted octanol–water partition coefficient (Wildman–Crippen LogP) is 1.33. The Labute approximate surface area is 66.2 Å². The summed E-state index contributed by atoms with van der Waals surface area (Å²) in [6.45, 7) is 1.98. The first kappa shape index (κ1) is 7.67. The Morgan fingerprint density at radius 2 is 2.18 bits per heavy atom. The molecule has 3 nitrogen and oxygen atoms in total. The number of rotatable bonds is 3. The lowest BCUT2D eigenvalue weighted by Gasteiger charge is -2.10. The maximum Gasteiger partial charge on any atom is 0.128 e. The Bertz CT molecular complexity index is 232. The molecule has 0 amide bonds. The van der Waals surface area contributed by atoms with Gasteiger partial charge in [0.15, 0.2) is 0 Å². The molecule has 0 fully saturated rings. The summed E-state index contributed by atoms with van der Waals surface area (Å²) in [5, 5.41) is 8.60. The Kier molecular flexibility index (Phi) is 2.56. The van der Waals surface area contributed by atoms with E-state index in [1.807, 2.05) is 31.5 Å². The van der Waals surface area contributed by atoms with Gasteiger partial charge < -0.3 is 5.43 Å². The first-order chi connectivity index (χ1) is 5.36. The predicted molar refractivity (Wildman–Crippen MR) is 43.5 cm³/mol. The molecule has 1 unspecified atom stereocenters. The molecule has 11 heavy (non-hydrogen) atoms. The van der Waals surface area contributed by atoms with Crippen LogP contribution in [0.25, 0.3) is 0 Å². The zero-order valence-corrected chi connectivity index (χ0v) is 6.49. The van der Waals surface area contributed by atoms with E-state index in [-0.39, 0.29) is 6.04 Å². The van der Waals surface area contributed by atoms with E-state index in [9.17, 15) is 0 Å². The highest BCUT2D eigenvalue weighted by Crippen LogP contribution is 1.92. The molecule has 1 aromatic rings. The van der Waals surface area contributed by atoms with Gasteiger partial charge in [-0.25, -0.2) is 0 Å². The van der Waals surface area contributed by atoms with Crippen molar-refractivity contribution in [3.05, 3.63) is 24.5 Å². The summed E-state index contributed by atoms with van der Waals surface area (Å²) in [5.74, 6) is 0. The van der Waals surface area contributed by atoms with Gasteiger partial charge in [-0.05, 0) is 18.6 Å². The van der Waals surface area contributed by atoms with Crippen LogP contribution in [0.15, 0.2) is 24.5 Å². The molecule has 0 saturated carbocycles. The largest absolute Gasteiger partial charge is 0.309 e. The topological polar surface area (TPSA) is 40.8 Å². The Balaban J connectivity index is 2.49. The van der Waals surface area contributed by atoms with Crippen LogP contribution in [0.5, 0.6) is 0 Å². The van der Waals surface area contributed by atoms with Crippen molar-refractivity contribution in [3.8, 4) is 6.07 Å². The van der Waals surface area contributed by atoms with Crippen LogP contribution < -0.4 is 5.43 Å². The molecule has 58 valence electrons. The third kappa shape index (κ3) is 2.01. The van der Waals surface area contributed by atoms with Crippen LogP contribution in [0.4, 0.5) is 0 Å². The molecule has 1 aromatic heterocycles. The van der Waals surface area contributed by atoms with E-state index < -0.39 is 0 Å². The van der Waals surface area contributed by atoms with Gasteiger partial charge in [-0.3, -0.25) is 4.68 Å². The minimum absolute atomic E-state index is 0.0950. The van der Waals surface area contributed by atoms with Gasteiger partial charge in [-0.15, -0.1) is 0 Å². The van der Waals surface area contributed by atoms with E-state index in [4.69, 9.17) is 5.26 Å². The van der Waals surface area contributed by atoms with E-state index in [0.717, 1.165) is 6.42 Å². The number of nitrogens with zero attached hydrogens (tertiary/aromatic N) is 2. The average molecular weight is 149 g/mol. The van der Waals surface area contributed by atoms with Gasteiger partial charge in [-0.1, -0.05) is 6.92 Å². The van der Waals surface area contributed by atoms with Gasteiger partial charge in [0, 0.05) is 12.4 Å². The zero-order chi connectivity index (χ0) is 8.10. The van der Waals surface area contributed by atoms with Gasteiger partial charge in [0.25, 0.3) is 0 Å². The van der Waals surface area contributed by atoms with Crippen molar-refractivity contribution in [2.75, 3.05) is 5.43 Å². The normalized spacial score (nSPS) is 12.0. The van der Waals surface area contributed by atoms with Gasteiger partial charge >= 0.3 is 0 Å². The van der Waals surface area contributed by atoms with Crippen LogP contribution in [0.1, 0.15) is 13.3 Å². The van der Waals surface area contributed by atoms with Crippen LogP contribution in [-0.2, 0) is 0 Å². The van der Waals surface area contributed by atoms with Crippen molar-refractivity contribution >= 4 is 0 Å². The third-order valence-electron chi connectivity index (χ3n) is 1.47. The second-order valence-electron chi connectivity index (χ2n) is 2.31. The van der Waals surface area contributed by atoms with E-state index in [0.29, 0.717) is 0 Å². The van der Waals surface area contributed by atoms with Crippen molar-refractivity contribution in [2.45, 2.75) is 19.4 Å². The first-order valence-corrected chi connectivity index (χ1v) is 3.66. The average Bonchev–Trinajstić information content (AvgIpc) is 2.52. The van der Waals surface area contributed by atoms with Gasteiger partial charge in [0.05, 0.1) is 6.07 Å². The van der Waals surface area contributed by atoms with Gasteiger partial charge in [0.1, 0.15) is 6.04 Å². The number of hydrogen-bond donors (Lipinski definition) is 1. The molecule has 1 heterocycles. The molecular weight excluding hydrogens is 138 g/mol. The fraction of sp³-hybridized carbons (Fsp3) is 0.375. The quantitative estimate of drug-likeness (QED) is 0.704. The van der Waals surface area contributed by atoms with Gasteiger partial charge in [-0.2, -0.15) is 5.26 Å². The first-order valence-electron chi connectivity index (χ1n) is 3.66. The number of hydrogen-bond acceptors (Lipinski definition) is 2. The molecule has 1 N–H and O–H groups in total. The molecular formula is C8H11N3. The SMILES string of the molecule is CCC(C#N)Nn1cccc1. The number of aromatic nitrogens is 1. The summed E-state index contributed by atoms with van der Waals surface area (Å²) in [7, 11) is 0. The third-order valence-corrected chi connectivity index (χ3v) is 1.47. The highest BCUT2D eigenvalue weighted by atomic mass is 15.4. The van der Waals surface area contributed by atoms with Crippen molar-refractivity contribution in [2.24, 2.45) is 0 Å². The lowest BCUT2D eigenvalue weighted by molar-refractivity contribution is 0.725. The lowest BCUT2D eigenvalue weighted by atomic mass is 10.3. The van der Waals surface area contributed by atoms with Crippen molar-refractivity contribution < 1.29 is 0 Å². The fourth-order valence-corrected chi connectivity index (χ4v) is 0.812. The van der Waals surface area contributed by atoms with Gasteiger partial charge in [0.2, 0.25) is 0 Å². The Morgan fingerprint density at radius 1 is 1.55 bits per heavy atom. The van der Waals surface area contributed by atoms with Crippen molar-refractivity contribution in [1.82, 2.24) is 4.68 Å². The molecule has 0 aliphatic carbocycles. The highest BCUT2D eigenvalue weighted by molar-refractivity contribution is 5.01. The van der Waals surface area contributed by atoms with Crippen molar-refractivity contribution in [3.63, 3.8) is 0 Å². The monoisotopic (exact) mass is 149 g/mol. The van der Waals surface area contributed by atoms with E-state index in [2.05, 4.69) is 11.5 Å². The Morgan fingerprint density at radius 3 is 2.64 bits per heavy atom. The highest BCUT2D eigenvalue weighted by Gasteiger charge is 2.00. The van der Waals surface area contributed by atoms with Crippen LogP contribution in [0.3, 0.4) is 0 Å². The minimum Gasteiger partial charge on any atom is -0.309 e. The summed E-state index contributed by atoms with van der Waals surface area (Å²) >= 11 is 0. The van der Waals surface area contributed by atoms with Crippen LogP contribution in [0.2, 0.25) is 0 Å². The molecule has 0 aliphatic rings.